The highest BCUT2D eigenvalue weighted by Crippen LogP contribution is 2.11. The monoisotopic (exact) mass is 257 g/mol. The van der Waals surface area contributed by atoms with Crippen LogP contribution in [0, 0.1) is 0 Å². The molecule has 0 saturated carbocycles. The zero-order valence-electron chi connectivity index (χ0n) is 10.1. The van der Waals surface area contributed by atoms with Gasteiger partial charge in [-0.2, -0.15) is 0 Å². The first-order valence-corrected chi connectivity index (χ1v) is 5.53. The normalized spacial score (nSPS) is 9.95. The number of carbonyl (C=O) groups excluding carboxylic acids is 2. The number of aromatic nitrogens is 2. The molecule has 0 aliphatic heterocycles. The van der Waals surface area contributed by atoms with E-state index in [1.54, 1.807) is 24.3 Å². The molecular formula is C13H11N3O3. The zero-order valence-corrected chi connectivity index (χ0v) is 10.1. The second-order valence-electron chi connectivity index (χ2n) is 3.89. The Labute approximate surface area is 108 Å². The molecule has 1 aromatic carbocycles. The number of rotatable bonds is 3. The van der Waals surface area contributed by atoms with E-state index in [0.29, 0.717) is 11.3 Å². The molecule has 0 atom stereocenters. The Morgan fingerprint density at radius 1 is 1.32 bits per heavy atom. The largest absolute Gasteiger partial charge is 0.322 e. The van der Waals surface area contributed by atoms with Crippen LogP contribution >= 0.6 is 0 Å². The van der Waals surface area contributed by atoms with Crippen molar-refractivity contribution in [3.63, 3.8) is 0 Å². The standard InChI is InChI=1S/C13H11N3O3/c1-8(17)9-3-2-4-10(5-9)16-13(19)11-6-14-7-15-12(11)18/h2-7H,1H3,(H,16,19)(H,14,15,18). The molecule has 2 rings (SSSR count). The van der Waals surface area contributed by atoms with Crippen molar-refractivity contribution in [1.82, 2.24) is 9.97 Å². The van der Waals surface area contributed by atoms with E-state index in [-0.39, 0.29) is 11.3 Å². The maximum absolute atomic E-state index is 11.9. The first-order valence-electron chi connectivity index (χ1n) is 5.53. The van der Waals surface area contributed by atoms with Crippen molar-refractivity contribution in [2.75, 3.05) is 5.32 Å². The Bertz CT molecular complexity index is 691. The van der Waals surface area contributed by atoms with Crippen LogP contribution in [-0.4, -0.2) is 21.7 Å². The average Bonchev–Trinajstić information content (AvgIpc) is 2.39. The van der Waals surface area contributed by atoms with Crippen molar-refractivity contribution in [2.24, 2.45) is 0 Å². The van der Waals surface area contributed by atoms with Gasteiger partial charge < -0.3 is 10.3 Å². The van der Waals surface area contributed by atoms with Crippen molar-refractivity contribution in [1.29, 1.82) is 0 Å². The van der Waals surface area contributed by atoms with Crippen LogP contribution in [0.15, 0.2) is 41.6 Å². The van der Waals surface area contributed by atoms with Gasteiger partial charge in [0.15, 0.2) is 5.78 Å². The molecule has 0 spiro atoms. The Morgan fingerprint density at radius 3 is 2.79 bits per heavy atom. The fourth-order valence-corrected chi connectivity index (χ4v) is 1.52. The first kappa shape index (κ1) is 12.7. The lowest BCUT2D eigenvalue weighted by Gasteiger charge is -2.05. The van der Waals surface area contributed by atoms with Crippen LogP contribution in [-0.2, 0) is 0 Å². The van der Waals surface area contributed by atoms with E-state index in [1.165, 1.54) is 19.4 Å². The van der Waals surface area contributed by atoms with Crippen molar-refractivity contribution in [2.45, 2.75) is 6.92 Å². The number of carbonyl (C=O) groups is 2. The number of hydrogen-bond acceptors (Lipinski definition) is 4. The molecule has 0 bridgehead atoms. The molecule has 0 unspecified atom stereocenters. The van der Waals surface area contributed by atoms with E-state index >= 15 is 0 Å². The van der Waals surface area contributed by atoms with Crippen molar-refractivity contribution in [3.05, 3.63) is 58.3 Å². The fourth-order valence-electron chi connectivity index (χ4n) is 1.52. The van der Waals surface area contributed by atoms with E-state index in [9.17, 15) is 14.4 Å². The number of ketones is 1. The highest BCUT2D eigenvalue weighted by atomic mass is 16.2. The highest BCUT2D eigenvalue weighted by Gasteiger charge is 2.11. The fraction of sp³-hybridized carbons (Fsp3) is 0.0769. The van der Waals surface area contributed by atoms with Gasteiger partial charge in [0.2, 0.25) is 0 Å². The molecule has 6 heteroatoms. The third-order valence-electron chi connectivity index (χ3n) is 2.49. The maximum Gasteiger partial charge on any atom is 0.263 e. The summed E-state index contributed by atoms with van der Waals surface area (Å²) in [5.41, 5.74) is 0.324. The van der Waals surface area contributed by atoms with Crippen LogP contribution in [0.1, 0.15) is 27.6 Å². The Hall–Kier alpha value is -2.76. The van der Waals surface area contributed by atoms with E-state index in [2.05, 4.69) is 15.3 Å². The topological polar surface area (TPSA) is 91.9 Å². The van der Waals surface area contributed by atoms with Crippen LogP contribution < -0.4 is 10.9 Å². The predicted molar refractivity (Wildman–Crippen MR) is 69.3 cm³/mol. The molecule has 19 heavy (non-hydrogen) atoms. The molecule has 1 heterocycles. The molecule has 1 aromatic heterocycles. The third kappa shape index (κ3) is 2.92. The van der Waals surface area contributed by atoms with Crippen molar-refractivity contribution >= 4 is 17.4 Å². The van der Waals surface area contributed by atoms with Crippen LogP contribution in [0.3, 0.4) is 0 Å². The number of H-pyrrole nitrogens is 1. The molecule has 1 amide bonds. The van der Waals surface area contributed by atoms with Gasteiger partial charge in [0.25, 0.3) is 11.5 Å². The number of anilines is 1. The Balaban J connectivity index is 2.25. The minimum atomic E-state index is -0.574. The second kappa shape index (κ2) is 5.26. The van der Waals surface area contributed by atoms with Gasteiger partial charge in [-0.05, 0) is 19.1 Å². The second-order valence-corrected chi connectivity index (χ2v) is 3.89. The summed E-state index contributed by atoms with van der Waals surface area (Å²) in [5.74, 6) is -0.676. The number of aromatic amines is 1. The summed E-state index contributed by atoms with van der Waals surface area (Å²) in [6, 6.07) is 6.48. The summed E-state index contributed by atoms with van der Waals surface area (Å²) in [7, 11) is 0. The molecule has 0 saturated heterocycles. The van der Waals surface area contributed by atoms with Gasteiger partial charge in [0, 0.05) is 17.4 Å². The minimum absolute atomic E-state index is 0.0873. The predicted octanol–water partition coefficient (Wildman–Crippen LogP) is 1.22. The molecule has 6 nitrogen and oxygen atoms in total. The number of benzene rings is 1. The van der Waals surface area contributed by atoms with Gasteiger partial charge in [-0.25, -0.2) is 4.98 Å². The summed E-state index contributed by atoms with van der Waals surface area (Å²) in [6.45, 7) is 1.44. The summed E-state index contributed by atoms with van der Waals surface area (Å²) in [6.07, 6.45) is 2.39. The first-order chi connectivity index (χ1) is 9.08. The number of Topliss-reactive ketones (excluding diaryl/α,β-unsaturated/α-hetero) is 1. The lowest BCUT2D eigenvalue weighted by Crippen LogP contribution is -2.23. The van der Waals surface area contributed by atoms with Crippen molar-refractivity contribution in [3.8, 4) is 0 Å². The molecule has 2 N–H and O–H groups in total. The van der Waals surface area contributed by atoms with Gasteiger partial charge in [-0.1, -0.05) is 12.1 Å². The van der Waals surface area contributed by atoms with Gasteiger partial charge in [0.05, 0.1) is 6.33 Å². The van der Waals surface area contributed by atoms with Gasteiger partial charge in [0.1, 0.15) is 5.56 Å². The molecule has 0 aliphatic rings. The maximum atomic E-state index is 11.9. The summed E-state index contributed by atoms with van der Waals surface area (Å²) in [5, 5.41) is 2.54. The lowest BCUT2D eigenvalue weighted by molar-refractivity contribution is 0.101. The summed E-state index contributed by atoms with van der Waals surface area (Å²) < 4.78 is 0. The number of hydrogen-bond donors (Lipinski definition) is 2. The van der Waals surface area contributed by atoms with E-state index in [4.69, 9.17) is 0 Å². The van der Waals surface area contributed by atoms with E-state index in [0.717, 1.165) is 0 Å². The quantitative estimate of drug-likeness (QED) is 0.809. The minimum Gasteiger partial charge on any atom is -0.322 e. The number of nitrogens with zero attached hydrogens (tertiary/aromatic N) is 1. The Morgan fingerprint density at radius 2 is 2.11 bits per heavy atom. The number of amides is 1. The van der Waals surface area contributed by atoms with Gasteiger partial charge in [-0.3, -0.25) is 14.4 Å². The van der Waals surface area contributed by atoms with E-state index in [1.807, 2.05) is 0 Å². The molecule has 0 radical (unpaired) electrons. The molecule has 96 valence electrons. The van der Waals surface area contributed by atoms with Crippen molar-refractivity contribution < 1.29 is 9.59 Å². The Kier molecular flexibility index (Phi) is 3.51. The summed E-state index contributed by atoms with van der Waals surface area (Å²) >= 11 is 0. The van der Waals surface area contributed by atoms with Crippen LogP contribution in [0.4, 0.5) is 5.69 Å². The summed E-state index contributed by atoms with van der Waals surface area (Å²) in [4.78, 5) is 40.5. The molecule has 0 fully saturated rings. The van der Waals surface area contributed by atoms with Crippen LogP contribution in [0.25, 0.3) is 0 Å². The molecule has 2 aromatic rings. The van der Waals surface area contributed by atoms with Crippen LogP contribution in [0.2, 0.25) is 0 Å². The molecular weight excluding hydrogens is 246 g/mol. The highest BCUT2D eigenvalue weighted by molar-refractivity contribution is 6.04. The van der Waals surface area contributed by atoms with Gasteiger partial charge in [-0.15, -0.1) is 0 Å². The van der Waals surface area contributed by atoms with Crippen LogP contribution in [0.5, 0.6) is 0 Å². The SMILES string of the molecule is CC(=O)c1cccc(NC(=O)c2cnc[nH]c2=O)c1. The molecule has 0 aliphatic carbocycles. The van der Waals surface area contributed by atoms with Gasteiger partial charge >= 0.3 is 0 Å². The lowest BCUT2D eigenvalue weighted by atomic mass is 10.1. The average molecular weight is 257 g/mol. The number of nitrogens with one attached hydrogen (secondary N) is 2. The smallest absolute Gasteiger partial charge is 0.263 e. The zero-order chi connectivity index (χ0) is 13.8. The third-order valence-corrected chi connectivity index (χ3v) is 2.49. The van der Waals surface area contributed by atoms with E-state index < -0.39 is 11.5 Å².